The highest BCUT2D eigenvalue weighted by atomic mass is 32.1. The van der Waals surface area contributed by atoms with Crippen molar-refractivity contribution in [1.29, 1.82) is 0 Å². The van der Waals surface area contributed by atoms with Crippen LogP contribution in [0.2, 0.25) is 0 Å². The van der Waals surface area contributed by atoms with E-state index in [0.717, 1.165) is 23.1 Å². The first-order chi connectivity index (χ1) is 18.3. The molecule has 0 saturated carbocycles. The number of hydrogen-bond donors (Lipinski definition) is 0. The zero-order valence-electron chi connectivity index (χ0n) is 21.1. The minimum Gasteiger partial charge on any atom is -0.467 e. The lowest BCUT2D eigenvalue weighted by Gasteiger charge is -2.38. The molecule has 2 amide bonds. The van der Waals surface area contributed by atoms with Gasteiger partial charge in [0.2, 0.25) is 5.91 Å². The predicted octanol–water partition coefficient (Wildman–Crippen LogP) is 5.68. The van der Waals surface area contributed by atoms with Gasteiger partial charge < -0.3 is 14.2 Å². The Morgan fingerprint density at radius 1 is 1.08 bits per heavy atom. The molecule has 0 radical (unpaired) electrons. The van der Waals surface area contributed by atoms with Gasteiger partial charge in [-0.05, 0) is 66.6 Å². The number of benzene rings is 2. The summed E-state index contributed by atoms with van der Waals surface area (Å²) in [6.45, 7) is 4.06. The molecule has 38 heavy (non-hydrogen) atoms. The van der Waals surface area contributed by atoms with Crippen LogP contribution in [0.15, 0.2) is 76.7 Å². The number of nitro benzene ring substituents is 1. The van der Waals surface area contributed by atoms with Crippen LogP contribution >= 0.6 is 11.3 Å². The molecular formula is C29H27N3O5S. The lowest BCUT2D eigenvalue weighted by molar-refractivity contribution is -0.385. The zero-order valence-corrected chi connectivity index (χ0v) is 21.9. The Kier molecular flexibility index (Phi) is 7.11. The number of hydrogen-bond acceptors (Lipinski definition) is 6. The van der Waals surface area contributed by atoms with E-state index in [-0.39, 0.29) is 36.3 Å². The highest BCUT2D eigenvalue weighted by Gasteiger charge is 2.35. The number of aryl methyl sites for hydroxylation is 2. The summed E-state index contributed by atoms with van der Waals surface area (Å²) in [6.07, 6.45) is 2.25. The molecule has 1 aliphatic heterocycles. The van der Waals surface area contributed by atoms with E-state index in [9.17, 15) is 19.7 Å². The summed E-state index contributed by atoms with van der Waals surface area (Å²) < 4.78 is 5.47. The number of carbonyl (C=O) groups is 2. The molecule has 1 unspecified atom stereocenters. The third-order valence-electron chi connectivity index (χ3n) is 6.96. The third-order valence-corrected chi connectivity index (χ3v) is 7.96. The number of furan rings is 1. The number of nitro groups is 1. The summed E-state index contributed by atoms with van der Waals surface area (Å²) in [7, 11) is 0. The van der Waals surface area contributed by atoms with Gasteiger partial charge in [-0.3, -0.25) is 19.7 Å². The van der Waals surface area contributed by atoms with Gasteiger partial charge in [-0.2, -0.15) is 0 Å². The maximum Gasteiger partial charge on any atom is 0.273 e. The SMILES string of the molecule is Cc1ccccc1C1c2ccsc2CCN1C(=O)CN(Cc1ccco1)C(=O)c1ccc(C)c([N+](=O)[O-])c1. The number of fused-ring (bicyclic) bond motifs is 1. The lowest BCUT2D eigenvalue weighted by atomic mass is 9.90. The van der Waals surface area contributed by atoms with Crippen molar-refractivity contribution in [2.45, 2.75) is 32.9 Å². The van der Waals surface area contributed by atoms with Gasteiger partial charge in [-0.15, -0.1) is 11.3 Å². The van der Waals surface area contributed by atoms with Gasteiger partial charge in [-0.25, -0.2) is 0 Å². The molecule has 8 nitrogen and oxygen atoms in total. The Morgan fingerprint density at radius 2 is 1.89 bits per heavy atom. The fourth-order valence-corrected chi connectivity index (χ4v) is 5.88. The standard InChI is InChI=1S/C29H27N3O5S/c1-19-6-3-4-8-23(19)28-24-12-15-38-26(24)11-13-31(28)27(33)18-30(17-22-7-5-14-37-22)29(34)21-10-9-20(2)25(16-21)32(35)36/h3-10,12,14-16,28H,11,13,17-18H2,1-2H3. The fraction of sp³-hybridized carbons (Fsp3) is 0.241. The summed E-state index contributed by atoms with van der Waals surface area (Å²) in [6, 6.07) is 17.7. The average molecular weight is 530 g/mol. The van der Waals surface area contributed by atoms with Crippen LogP contribution in [-0.2, 0) is 17.8 Å². The zero-order chi connectivity index (χ0) is 26.8. The van der Waals surface area contributed by atoms with Crippen LogP contribution in [0.5, 0.6) is 0 Å². The molecule has 0 fully saturated rings. The molecular weight excluding hydrogens is 502 g/mol. The van der Waals surface area contributed by atoms with Gasteiger partial charge in [0.25, 0.3) is 11.6 Å². The minimum absolute atomic E-state index is 0.0613. The van der Waals surface area contributed by atoms with Gasteiger partial charge in [0.05, 0.1) is 23.8 Å². The van der Waals surface area contributed by atoms with Crippen molar-refractivity contribution < 1.29 is 18.9 Å². The molecule has 3 heterocycles. The van der Waals surface area contributed by atoms with Crippen molar-refractivity contribution in [3.05, 3.63) is 121 Å². The summed E-state index contributed by atoms with van der Waals surface area (Å²) in [5.74, 6) is -0.155. The molecule has 0 spiro atoms. The van der Waals surface area contributed by atoms with E-state index in [1.54, 1.807) is 42.5 Å². The lowest BCUT2D eigenvalue weighted by Crippen LogP contribution is -2.46. The highest BCUT2D eigenvalue weighted by Crippen LogP contribution is 2.39. The van der Waals surface area contributed by atoms with E-state index in [1.165, 1.54) is 22.1 Å². The second-order valence-electron chi connectivity index (χ2n) is 9.39. The summed E-state index contributed by atoms with van der Waals surface area (Å²) in [4.78, 5) is 43.0. The molecule has 9 heteroatoms. The summed E-state index contributed by atoms with van der Waals surface area (Å²) in [5, 5.41) is 13.5. The molecule has 194 valence electrons. The Hall–Kier alpha value is -4.24. The van der Waals surface area contributed by atoms with Crippen LogP contribution in [-0.4, -0.2) is 39.6 Å². The fourth-order valence-electron chi connectivity index (χ4n) is 4.98. The van der Waals surface area contributed by atoms with Crippen LogP contribution < -0.4 is 0 Å². The van der Waals surface area contributed by atoms with Gasteiger partial charge in [-0.1, -0.05) is 30.3 Å². The van der Waals surface area contributed by atoms with Crippen molar-refractivity contribution >= 4 is 28.8 Å². The predicted molar refractivity (Wildman–Crippen MR) is 144 cm³/mol. The van der Waals surface area contributed by atoms with Gasteiger partial charge in [0.1, 0.15) is 12.3 Å². The van der Waals surface area contributed by atoms with E-state index in [2.05, 4.69) is 11.4 Å². The topological polar surface area (TPSA) is 96.9 Å². The number of amides is 2. The summed E-state index contributed by atoms with van der Waals surface area (Å²) >= 11 is 1.70. The van der Waals surface area contributed by atoms with Crippen LogP contribution in [0, 0.1) is 24.0 Å². The maximum absolute atomic E-state index is 13.9. The molecule has 0 aliphatic carbocycles. The van der Waals surface area contributed by atoms with Crippen LogP contribution in [0.4, 0.5) is 5.69 Å². The van der Waals surface area contributed by atoms with Crippen LogP contribution in [0.25, 0.3) is 0 Å². The Labute approximate surface area is 224 Å². The van der Waals surface area contributed by atoms with Gasteiger partial charge in [0.15, 0.2) is 0 Å². The average Bonchev–Trinajstić information content (AvgIpc) is 3.60. The molecule has 0 N–H and O–H groups in total. The minimum atomic E-state index is -0.507. The molecule has 1 atom stereocenters. The largest absolute Gasteiger partial charge is 0.467 e. The number of carbonyl (C=O) groups excluding carboxylic acids is 2. The summed E-state index contributed by atoms with van der Waals surface area (Å²) in [5.41, 5.74) is 3.72. The monoisotopic (exact) mass is 529 g/mol. The van der Waals surface area contributed by atoms with Gasteiger partial charge >= 0.3 is 0 Å². The number of nitrogens with zero attached hydrogens (tertiary/aromatic N) is 3. The van der Waals surface area contributed by atoms with Crippen molar-refractivity contribution in [1.82, 2.24) is 9.80 Å². The molecule has 2 aromatic heterocycles. The van der Waals surface area contributed by atoms with Crippen LogP contribution in [0.3, 0.4) is 0 Å². The van der Waals surface area contributed by atoms with E-state index in [4.69, 9.17) is 4.42 Å². The molecule has 5 rings (SSSR count). The highest BCUT2D eigenvalue weighted by molar-refractivity contribution is 7.10. The molecule has 0 saturated heterocycles. The second-order valence-corrected chi connectivity index (χ2v) is 10.4. The molecule has 1 aliphatic rings. The number of thiophene rings is 1. The first kappa shape index (κ1) is 25.4. The van der Waals surface area contributed by atoms with Crippen molar-refractivity contribution in [3.63, 3.8) is 0 Å². The van der Waals surface area contributed by atoms with Crippen molar-refractivity contribution in [3.8, 4) is 0 Å². The van der Waals surface area contributed by atoms with Crippen molar-refractivity contribution in [2.75, 3.05) is 13.1 Å². The van der Waals surface area contributed by atoms with E-state index in [0.29, 0.717) is 17.9 Å². The molecule has 2 aromatic carbocycles. The molecule has 0 bridgehead atoms. The van der Waals surface area contributed by atoms with E-state index >= 15 is 0 Å². The van der Waals surface area contributed by atoms with Crippen molar-refractivity contribution in [2.24, 2.45) is 0 Å². The van der Waals surface area contributed by atoms with Gasteiger partial charge in [0, 0.05) is 28.6 Å². The molecule has 4 aromatic rings. The Morgan fingerprint density at radius 3 is 2.63 bits per heavy atom. The third kappa shape index (κ3) is 4.97. The normalized spacial score (nSPS) is 14.7. The van der Waals surface area contributed by atoms with Crippen LogP contribution in [0.1, 0.15) is 49.3 Å². The van der Waals surface area contributed by atoms with E-state index < -0.39 is 10.8 Å². The Balaban J connectivity index is 1.48. The second kappa shape index (κ2) is 10.6. The Bertz CT molecular complexity index is 1490. The number of rotatable bonds is 7. The maximum atomic E-state index is 13.9. The first-order valence-electron chi connectivity index (χ1n) is 12.3. The smallest absolute Gasteiger partial charge is 0.273 e. The van der Waals surface area contributed by atoms with E-state index in [1.807, 2.05) is 36.1 Å². The quantitative estimate of drug-likeness (QED) is 0.227. The first-order valence-corrected chi connectivity index (χ1v) is 13.2.